The van der Waals surface area contributed by atoms with Gasteiger partial charge < -0.3 is 9.64 Å². The molecule has 0 aromatic heterocycles. The van der Waals surface area contributed by atoms with E-state index in [-0.39, 0.29) is 16.3 Å². The number of thioether (sulfide) groups is 1. The van der Waals surface area contributed by atoms with E-state index in [0.29, 0.717) is 22.2 Å². The molecular weight excluding hydrogens is 352 g/mol. The Morgan fingerprint density at radius 1 is 1.38 bits per heavy atom. The Hall–Kier alpha value is -1.31. The highest BCUT2D eigenvalue weighted by Crippen LogP contribution is 2.44. The Bertz CT molecular complexity index is 670. The molecule has 2 fully saturated rings. The van der Waals surface area contributed by atoms with Gasteiger partial charge in [-0.15, -0.1) is 11.8 Å². The van der Waals surface area contributed by atoms with Gasteiger partial charge in [0.25, 0.3) is 5.69 Å². The van der Waals surface area contributed by atoms with E-state index in [2.05, 4.69) is 16.7 Å². The Labute approximate surface area is 149 Å². The smallest absolute Gasteiger partial charge is 0.346 e. The summed E-state index contributed by atoms with van der Waals surface area (Å²) >= 11 is 7.95. The molecule has 2 atom stereocenters. The number of ether oxygens (including phenoxy) is 1. The molecule has 0 saturated carbocycles. The lowest BCUT2D eigenvalue weighted by molar-refractivity contribution is -0.385. The lowest BCUT2D eigenvalue weighted by Crippen LogP contribution is -2.40. The topological polar surface area (TPSA) is 72.7 Å². The van der Waals surface area contributed by atoms with Crippen LogP contribution in [0.15, 0.2) is 17.0 Å². The summed E-state index contributed by atoms with van der Waals surface area (Å²) < 4.78 is 4.67. The molecule has 3 rings (SSSR count). The van der Waals surface area contributed by atoms with Crippen LogP contribution in [0.2, 0.25) is 5.02 Å². The van der Waals surface area contributed by atoms with Gasteiger partial charge in [0.1, 0.15) is 0 Å². The zero-order chi connectivity index (χ0) is 17.4. The number of nitro benzene ring substituents is 1. The van der Waals surface area contributed by atoms with Crippen LogP contribution in [-0.4, -0.2) is 47.3 Å². The predicted molar refractivity (Wildman–Crippen MR) is 92.9 cm³/mol. The number of halogens is 1. The number of nitrogens with zero attached hydrogens (tertiary/aromatic N) is 2. The summed E-state index contributed by atoms with van der Waals surface area (Å²) in [5, 5.41) is 11.7. The van der Waals surface area contributed by atoms with Gasteiger partial charge in [-0.1, -0.05) is 11.6 Å². The third kappa shape index (κ3) is 3.12. The van der Waals surface area contributed by atoms with Crippen LogP contribution in [0, 0.1) is 10.1 Å². The lowest BCUT2D eigenvalue weighted by Gasteiger charge is -2.36. The first-order chi connectivity index (χ1) is 11.4. The second-order valence-electron chi connectivity index (χ2n) is 6.28. The zero-order valence-corrected chi connectivity index (χ0v) is 15.1. The molecular formula is C16H19ClN2O4S. The number of benzene rings is 1. The second-order valence-corrected chi connectivity index (χ2v) is 8.00. The maximum Gasteiger partial charge on any atom is 0.346 e. The Kier molecular flexibility index (Phi) is 5.03. The van der Waals surface area contributed by atoms with Crippen molar-refractivity contribution in [3.8, 4) is 0 Å². The van der Waals surface area contributed by atoms with Gasteiger partial charge in [0.2, 0.25) is 0 Å². The minimum Gasteiger partial charge on any atom is -0.465 e. The first-order valence-electron chi connectivity index (χ1n) is 7.86. The highest BCUT2D eigenvalue weighted by Gasteiger charge is 2.39. The zero-order valence-electron chi connectivity index (χ0n) is 13.5. The predicted octanol–water partition coefficient (Wildman–Crippen LogP) is 3.75. The average Bonchev–Trinajstić information content (AvgIpc) is 2.76. The third-order valence-corrected chi connectivity index (χ3v) is 6.84. The summed E-state index contributed by atoms with van der Waals surface area (Å²) in [6.07, 6.45) is 4.58. The molecule has 2 saturated heterocycles. The van der Waals surface area contributed by atoms with Crippen molar-refractivity contribution in [2.24, 2.45) is 0 Å². The number of carbonyl (C=O) groups is 1. The van der Waals surface area contributed by atoms with Crippen molar-refractivity contribution in [1.29, 1.82) is 0 Å². The fourth-order valence-corrected chi connectivity index (χ4v) is 5.44. The summed E-state index contributed by atoms with van der Waals surface area (Å²) in [4.78, 5) is 25.6. The molecule has 130 valence electrons. The van der Waals surface area contributed by atoms with E-state index >= 15 is 0 Å². The lowest BCUT2D eigenvalue weighted by atomic mass is 10.0. The van der Waals surface area contributed by atoms with Crippen LogP contribution in [0.3, 0.4) is 0 Å². The number of methoxy groups -OCH3 is 1. The number of fused-ring (bicyclic) bond motifs is 2. The number of carbonyl (C=O) groups excluding carboxylic acids is 1. The minimum atomic E-state index is -0.780. The number of esters is 1. The highest BCUT2D eigenvalue weighted by molar-refractivity contribution is 8.00. The van der Waals surface area contributed by atoms with Gasteiger partial charge >= 0.3 is 5.97 Å². The largest absolute Gasteiger partial charge is 0.465 e. The van der Waals surface area contributed by atoms with Crippen molar-refractivity contribution in [2.45, 2.75) is 47.9 Å². The average molecular weight is 371 g/mol. The van der Waals surface area contributed by atoms with Gasteiger partial charge in [-0.3, -0.25) is 10.1 Å². The van der Waals surface area contributed by atoms with E-state index in [0.717, 1.165) is 12.8 Å². The minimum absolute atomic E-state index is 0.118. The Balaban J connectivity index is 1.86. The van der Waals surface area contributed by atoms with Crippen molar-refractivity contribution in [1.82, 2.24) is 4.90 Å². The highest BCUT2D eigenvalue weighted by atomic mass is 35.5. The van der Waals surface area contributed by atoms with E-state index in [9.17, 15) is 14.9 Å². The Morgan fingerprint density at radius 3 is 2.54 bits per heavy atom. The summed E-state index contributed by atoms with van der Waals surface area (Å²) in [6, 6.07) is 4.17. The van der Waals surface area contributed by atoms with E-state index in [4.69, 9.17) is 11.6 Å². The standard InChI is InChI=1S/C16H19ClN2O4S/c1-18-9-3-4-10(18)8-11(7-9)24-13-6-5-12(19(21)22)14(15(13)17)16(20)23-2/h5-6,9-11H,3-4,7-8H2,1-2H3. The fourth-order valence-electron chi connectivity index (χ4n) is 3.72. The number of hydrogen-bond donors (Lipinski definition) is 0. The van der Waals surface area contributed by atoms with Crippen LogP contribution >= 0.6 is 23.4 Å². The molecule has 2 heterocycles. The summed E-state index contributed by atoms with van der Waals surface area (Å²) in [7, 11) is 3.37. The molecule has 2 unspecified atom stereocenters. The van der Waals surface area contributed by atoms with Crippen molar-refractivity contribution in [3.05, 3.63) is 32.8 Å². The molecule has 0 N–H and O–H groups in total. The van der Waals surface area contributed by atoms with Crippen molar-refractivity contribution in [3.63, 3.8) is 0 Å². The Morgan fingerprint density at radius 2 is 2.00 bits per heavy atom. The monoisotopic (exact) mass is 370 g/mol. The van der Waals surface area contributed by atoms with Gasteiger partial charge in [0.05, 0.1) is 17.1 Å². The quantitative estimate of drug-likeness (QED) is 0.456. The first-order valence-corrected chi connectivity index (χ1v) is 9.12. The molecule has 1 aromatic carbocycles. The van der Waals surface area contributed by atoms with E-state index < -0.39 is 10.9 Å². The molecule has 0 amide bonds. The van der Waals surface area contributed by atoms with Gasteiger partial charge in [0.15, 0.2) is 5.56 Å². The maximum absolute atomic E-state index is 11.9. The molecule has 2 bridgehead atoms. The maximum atomic E-state index is 11.9. The van der Waals surface area contributed by atoms with Gasteiger partial charge in [-0.2, -0.15) is 0 Å². The summed E-state index contributed by atoms with van der Waals surface area (Å²) in [5.74, 6) is -0.780. The molecule has 6 nitrogen and oxygen atoms in total. The van der Waals surface area contributed by atoms with Crippen molar-refractivity contribution >= 4 is 35.0 Å². The number of hydrogen-bond acceptors (Lipinski definition) is 6. The van der Waals surface area contributed by atoms with Gasteiger partial charge in [0, 0.05) is 28.3 Å². The third-order valence-electron chi connectivity index (χ3n) is 5.02. The van der Waals surface area contributed by atoms with Crippen LogP contribution in [0.5, 0.6) is 0 Å². The first kappa shape index (κ1) is 17.5. The molecule has 0 radical (unpaired) electrons. The van der Waals surface area contributed by atoms with Crippen LogP contribution < -0.4 is 0 Å². The SMILES string of the molecule is COC(=O)c1c([N+](=O)[O-])ccc(SC2CC3CCC(C2)N3C)c1Cl. The molecule has 8 heteroatoms. The van der Waals surface area contributed by atoms with Crippen LogP contribution in [0.25, 0.3) is 0 Å². The molecule has 2 aliphatic rings. The number of nitro groups is 1. The van der Waals surface area contributed by atoms with Crippen molar-refractivity contribution < 1.29 is 14.5 Å². The van der Waals surface area contributed by atoms with E-state index in [1.54, 1.807) is 17.8 Å². The van der Waals surface area contributed by atoms with Gasteiger partial charge in [-0.25, -0.2) is 4.79 Å². The van der Waals surface area contributed by atoms with Gasteiger partial charge in [-0.05, 0) is 38.8 Å². The summed E-state index contributed by atoms with van der Waals surface area (Å²) in [6.45, 7) is 0. The molecule has 24 heavy (non-hydrogen) atoms. The van der Waals surface area contributed by atoms with Crippen LogP contribution in [0.1, 0.15) is 36.0 Å². The van der Waals surface area contributed by atoms with E-state index in [1.165, 1.54) is 26.0 Å². The van der Waals surface area contributed by atoms with Crippen LogP contribution in [-0.2, 0) is 4.74 Å². The number of piperidine rings is 1. The fraction of sp³-hybridized carbons (Fsp3) is 0.562. The normalized spacial score (nSPS) is 26.4. The van der Waals surface area contributed by atoms with Crippen molar-refractivity contribution in [2.75, 3.05) is 14.2 Å². The molecule has 0 aliphatic carbocycles. The van der Waals surface area contributed by atoms with E-state index in [1.807, 2.05) is 0 Å². The molecule has 2 aliphatic heterocycles. The molecule has 0 spiro atoms. The van der Waals surface area contributed by atoms with Crippen LogP contribution in [0.4, 0.5) is 5.69 Å². The second kappa shape index (κ2) is 6.90. The summed E-state index contributed by atoms with van der Waals surface area (Å²) in [5.41, 5.74) is -0.482. The number of rotatable bonds is 4. The molecule has 1 aromatic rings.